The minimum Gasteiger partial charge on any atom is -0.493 e. The number of aromatic nitrogens is 1. The van der Waals surface area contributed by atoms with Crippen molar-refractivity contribution in [1.29, 1.82) is 0 Å². The Hall–Kier alpha value is -1.63. The van der Waals surface area contributed by atoms with Crippen molar-refractivity contribution < 1.29 is 14.2 Å². The van der Waals surface area contributed by atoms with Gasteiger partial charge in [-0.2, -0.15) is 0 Å². The van der Waals surface area contributed by atoms with Crippen LogP contribution in [0, 0.1) is 0 Å². The molecule has 1 aromatic heterocycles. The van der Waals surface area contributed by atoms with Crippen LogP contribution in [0.3, 0.4) is 0 Å². The number of aliphatic imine (C=N–C) groups is 2. The van der Waals surface area contributed by atoms with Crippen molar-refractivity contribution in [1.82, 2.24) is 4.98 Å². The molecule has 2 aliphatic heterocycles. The molecular formula is C18H24BrN3O3. The fourth-order valence-electron chi connectivity index (χ4n) is 2.48. The third-order valence-corrected chi connectivity index (χ3v) is 4.28. The SMILES string of the molecule is CC1(C)COC(c2cc(OCCCBr)cc(C3=NC(C)(C)CO3)n2)=N1. The summed E-state index contributed by atoms with van der Waals surface area (Å²) in [6.45, 7) is 9.82. The highest BCUT2D eigenvalue weighted by Crippen LogP contribution is 2.25. The lowest BCUT2D eigenvalue weighted by Gasteiger charge is -2.10. The third-order valence-electron chi connectivity index (χ3n) is 3.72. The summed E-state index contributed by atoms with van der Waals surface area (Å²) in [5, 5.41) is 0.895. The van der Waals surface area contributed by atoms with Crippen LogP contribution >= 0.6 is 15.9 Å². The van der Waals surface area contributed by atoms with Crippen LogP contribution in [0.2, 0.25) is 0 Å². The number of rotatable bonds is 6. The summed E-state index contributed by atoms with van der Waals surface area (Å²) in [4.78, 5) is 13.9. The van der Waals surface area contributed by atoms with Crippen molar-refractivity contribution in [2.75, 3.05) is 25.2 Å². The van der Waals surface area contributed by atoms with Gasteiger partial charge < -0.3 is 14.2 Å². The fourth-order valence-corrected chi connectivity index (χ4v) is 2.71. The molecule has 0 N–H and O–H groups in total. The number of alkyl halides is 1. The van der Waals surface area contributed by atoms with E-state index in [1.54, 1.807) is 0 Å². The molecule has 0 aromatic carbocycles. The highest BCUT2D eigenvalue weighted by molar-refractivity contribution is 9.09. The van der Waals surface area contributed by atoms with Gasteiger partial charge >= 0.3 is 0 Å². The van der Waals surface area contributed by atoms with Crippen molar-refractivity contribution in [3.63, 3.8) is 0 Å². The maximum Gasteiger partial charge on any atom is 0.236 e. The van der Waals surface area contributed by atoms with E-state index in [-0.39, 0.29) is 11.1 Å². The van der Waals surface area contributed by atoms with Crippen LogP contribution < -0.4 is 4.74 Å². The Bertz CT molecular complexity index is 661. The summed E-state index contributed by atoms with van der Waals surface area (Å²) in [7, 11) is 0. The van der Waals surface area contributed by atoms with E-state index < -0.39 is 0 Å². The van der Waals surface area contributed by atoms with Gasteiger partial charge in [-0.05, 0) is 34.1 Å². The van der Waals surface area contributed by atoms with Crippen molar-refractivity contribution in [3.05, 3.63) is 23.5 Å². The van der Waals surface area contributed by atoms with Crippen molar-refractivity contribution in [3.8, 4) is 5.75 Å². The molecule has 25 heavy (non-hydrogen) atoms. The Morgan fingerprint density at radius 2 is 1.52 bits per heavy atom. The summed E-state index contributed by atoms with van der Waals surface area (Å²) >= 11 is 3.41. The normalized spacial score (nSPS) is 20.5. The molecule has 3 rings (SSSR count). The average Bonchev–Trinajstić information content (AvgIpc) is 3.09. The smallest absolute Gasteiger partial charge is 0.236 e. The van der Waals surface area contributed by atoms with E-state index in [4.69, 9.17) is 14.2 Å². The van der Waals surface area contributed by atoms with Gasteiger partial charge in [-0.1, -0.05) is 15.9 Å². The molecular weight excluding hydrogens is 386 g/mol. The van der Waals surface area contributed by atoms with Gasteiger partial charge in [0.1, 0.15) is 30.4 Å². The van der Waals surface area contributed by atoms with Crippen LogP contribution in [0.1, 0.15) is 45.5 Å². The molecule has 0 aliphatic carbocycles. The number of halogens is 1. The van der Waals surface area contributed by atoms with Crippen LogP contribution in [-0.2, 0) is 9.47 Å². The van der Waals surface area contributed by atoms with Gasteiger partial charge in [-0.15, -0.1) is 0 Å². The quantitative estimate of drug-likeness (QED) is 0.533. The summed E-state index contributed by atoms with van der Waals surface area (Å²) in [5.41, 5.74) is 0.807. The minimum absolute atomic E-state index is 0.243. The minimum atomic E-state index is -0.243. The Labute approximate surface area is 156 Å². The van der Waals surface area contributed by atoms with E-state index in [0.717, 1.165) is 11.8 Å². The van der Waals surface area contributed by atoms with Crippen molar-refractivity contribution in [2.45, 2.75) is 45.2 Å². The first-order valence-corrected chi connectivity index (χ1v) is 9.57. The Kier molecular flexibility index (Phi) is 5.04. The molecule has 0 fully saturated rings. The average molecular weight is 410 g/mol. The zero-order valence-electron chi connectivity index (χ0n) is 15.1. The Balaban J connectivity index is 1.95. The summed E-state index contributed by atoms with van der Waals surface area (Å²) in [6.07, 6.45) is 0.919. The van der Waals surface area contributed by atoms with Gasteiger partial charge in [0.05, 0.1) is 17.7 Å². The molecule has 0 amide bonds. The van der Waals surface area contributed by atoms with Crippen molar-refractivity contribution in [2.24, 2.45) is 9.98 Å². The molecule has 0 saturated carbocycles. The van der Waals surface area contributed by atoms with E-state index in [9.17, 15) is 0 Å². The van der Waals surface area contributed by atoms with E-state index >= 15 is 0 Å². The number of nitrogens with zero attached hydrogens (tertiary/aromatic N) is 3. The molecule has 0 unspecified atom stereocenters. The van der Waals surface area contributed by atoms with Gasteiger partial charge in [0.25, 0.3) is 0 Å². The van der Waals surface area contributed by atoms with Crippen LogP contribution in [0.25, 0.3) is 0 Å². The molecule has 0 bridgehead atoms. The lowest BCUT2D eigenvalue weighted by molar-refractivity contribution is 0.277. The number of hydrogen-bond acceptors (Lipinski definition) is 6. The summed E-state index contributed by atoms with van der Waals surface area (Å²) in [6, 6.07) is 3.72. The first-order chi connectivity index (χ1) is 11.8. The fraction of sp³-hybridized carbons (Fsp3) is 0.611. The lowest BCUT2D eigenvalue weighted by Crippen LogP contribution is -2.17. The monoisotopic (exact) mass is 409 g/mol. The van der Waals surface area contributed by atoms with E-state index in [2.05, 4.69) is 30.9 Å². The van der Waals surface area contributed by atoms with E-state index in [1.807, 2.05) is 39.8 Å². The maximum absolute atomic E-state index is 5.86. The Morgan fingerprint density at radius 1 is 1.00 bits per heavy atom. The molecule has 1 aromatic rings. The predicted molar refractivity (Wildman–Crippen MR) is 101 cm³/mol. The first-order valence-electron chi connectivity index (χ1n) is 8.45. The highest BCUT2D eigenvalue weighted by atomic mass is 79.9. The molecule has 0 radical (unpaired) electrons. The molecule has 3 heterocycles. The molecule has 2 aliphatic rings. The molecule has 0 atom stereocenters. The molecule has 6 nitrogen and oxygen atoms in total. The summed E-state index contributed by atoms with van der Waals surface area (Å²) < 4.78 is 17.3. The highest BCUT2D eigenvalue weighted by Gasteiger charge is 2.31. The summed E-state index contributed by atoms with van der Waals surface area (Å²) in [5.74, 6) is 1.79. The van der Waals surface area contributed by atoms with Crippen LogP contribution in [0.15, 0.2) is 22.1 Å². The van der Waals surface area contributed by atoms with Gasteiger partial charge in [0.15, 0.2) is 0 Å². The van der Waals surface area contributed by atoms with E-state index in [1.165, 1.54) is 0 Å². The van der Waals surface area contributed by atoms with Crippen LogP contribution in [-0.4, -0.2) is 53.0 Å². The molecule has 0 spiro atoms. The second-order valence-corrected chi connectivity index (χ2v) is 8.29. The number of hydrogen-bond donors (Lipinski definition) is 0. The third kappa shape index (κ3) is 4.51. The lowest BCUT2D eigenvalue weighted by atomic mass is 10.1. The van der Waals surface area contributed by atoms with Gasteiger partial charge in [-0.3, -0.25) is 0 Å². The second kappa shape index (κ2) is 6.94. The van der Waals surface area contributed by atoms with Crippen LogP contribution in [0.4, 0.5) is 0 Å². The van der Waals surface area contributed by atoms with Gasteiger partial charge in [-0.25, -0.2) is 15.0 Å². The first kappa shape index (κ1) is 18.2. The number of pyridine rings is 1. The standard InChI is InChI=1S/C18H24BrN3O3/c1-17(2)10-24-15(21-17)13-8-12(23-7-5-6-19)9-14(20-13)16-22-18(3,4)11-25-16/h8-9H,5-7,10-11H2,1-4H3. The predicted octanol–water partition coefficient (Wildman–Crippen LogP) is 3.36. The van der Waals surface area contributed by atoms with Gasteiger partial charge in [0.2, 0.25) is 11.8 Å². The largest absolute Gasteiger partial charge is 0.493 e. The van der Waals surface area contributed by atoms with E-state index in [0.29, 0.717) is 48.8 Å². The second-order valence-electron chi connectivity index (χ2n) is 7.50. The van der Waals surface area contributed by atoms with Gasteiger partial charge in [0, 0.05) is 17.5 Å². The molecule has 0 saturated heterocycles. The number of ether oxygens (including phenoxy) is 3. The van der Waals surface area contributed by atoms with Crippen LogP contribution in [0.5, 0.6) is 5.75 Å². The zero-order valence-corrected chi connectivity index (χ0v) is 16.7. The molecule has 7 heteroatoms. The molecule has 136 valence electrons. The zero-order chi connectivity index (χ0) is 18.1. The maximum atomic E-state index is 5.86. The Morgan fingerprint density at radius 3 is 1.92 bits per heavy atom. The topological polar surface area (TPSA) is 65.3 Å². The van der Waals surface area contributed by atoms with Crippen molar-refractivity contribution >= 4 is 27.7 Å².